The van der Waals surface area contributed by atoms with Crippen molar-refractivity contribution in [2.75, 3.05) is 5.33 Å². The average molecular weight is 274 g/mol. The van der Waals surface area contributed by atoms with Crippen LogP contribution in [-0.4, -0.2) is 28.2 Å². The van der Waals surface area contributed by atoms with E-state index in [9.17, 15) is 4.79 Å². The third kappa shape index (κ3) is 1.72. The molecule has 5 heteroatoms. The number of fused-ring (bicyclic) bond motifs is 1. The zero-order valence-electron chi connectivity index (χ0n) is 7.08. The lowest BCUT2D eigenvalue weighted by atomic mass is 10.0. The van der Waals surface area contributed by atoms with Crippen molar-refractivity contribution >= 4 is 45.0 Å². The molecule has 0 fully saturated rings. The fourth-order valence-electron chi connectivity index (χ4n) is 1.25. The highest BCUT2D eigenvalue weighted by Crippen LogP contribution is 2.18. The van der Waals surface area contributed by atoms with Gasteiger partial charge < -0.3 is 0 Å². The number of carbonyl (C=O) groups is 1. The van der Waals surface area contributed by atoms with Crippen molar-refractivity contribution in [1.29, 1.82) is 0 Å². The number of hydrogen-bond donors (Lipinski definition) is 0. The molecule has 1 amide bonds. The number of amides is 1. The summed E-state index contributed by atoms with van der Waals surface area (Å²) in [5, 5.41) is 0.238. The second-order valence-corrected chi connectivity index (χ2v) is 3.91. The predicted molar refractivity (Wildman–Crippen MR) is 60.5 cm³/mol. The van der Waals surface area contributed by atoms with Crippen LogP contribution in [0.25, 0.3) is 0 Å². The fourth-order valence-corrected chi connectivity index (χ4v) is 1.70. The van der Waals surface area contributed by atoms with E-state index >= 15 is 0 Å². The van der Waals surface area contributed by atoms with Gasteiger partial charge in [-0.2, -0.15) is 4.99 Å². The number of allylic oxidation sites excluding steroid dienone is 3. The summed E-state index contributed by atoms with van der Waals surface area (Å²) < 4.78 is 0. The zero-order chi connectivity index (χ0) is 10.1. The number of halogens is 2. The standard InChI is InChI=1S/C9H6BrClN2O/c10-4-8-12-7-2-1-5(11)3-6(7)9(14)13-8/h1-3,5H,4H2. The van der Waals surface area contributed by atoms with Crippen LogP contribution in [0.5, 0.6) is 0 Å². The lowest BCUT2D eigenvalue weighted by Crippen LogP contribution is -2.22. The lowest BCUT2D eigenvalue weighted by molar-refractivity contribution is -0.113. The van der Waals surface area contributed by atoms with E-state index in [4.69, 9.17) is 11.6 Å². The van der Waals surface area contributed by atoms with Gasteiger partial charge in [-0.05, 0) is 12.2 Å². The summed E-state index contributed by atoms with van der Waals surface area (Å²) in [5.74, 6) is 0.235. The topological polar surface area (TPSA) is 41.8 Å². The Morgan fingerprint density at radius 1 is 1.50 bits per heavy atom. The van der Waals surface area contributed by atoms with Gasteiger partial charge >= 0.3 is 0 Å². The van der Waals surface area contributed by atoms with Crippen molar-refractivity contribution in [3.63, 3.8) is 0 Å². The molecule has 1 heterocycles. The molecule has 0 aromatic carbocycles. The number of alkyl halides is 2. The molecule has 0 aromatic heterocycles. The molecular formula is C9H6BrClN2O. The van der Waals surface area contributed by atoms with Gasteiger partial charge in [-0.15, -0.1) is 11.6 Å². The summed E-state index contributed by atoms with van der Waals surface area (Å²) in [6, 6.07) is 0. The van der Waals surface area contributed by atoms with Crippen molar-refractivity contribution < 1.29 is 4.79 Å². The van der Waals surface area contributed by atoms with Crippen LogP contribution in [0.2, 0.25) is 0 Å². The highest BCUT2D eigenvalue weighted by molar-refractivity contribution is 9.09. The van der Waals surface area contributed by atoms with E-state index in [0.29, 0.717) is 22.5 Å². The molecule has 2 rings (SSSR count). The highest BCUT2D eigenvalue weighted by Gasteiger charge is 2.23. The molecule has 2 aliphatic rings. The summed E-state index contributed by atoms with van der Waals surface area (Å²) in [6.45, 7) is 0. The molecule has 0 spiro atoms. The summed E-state index contributed by atoms with van der Waals surface area (Å²) in [5.41, 5.74) is 1.15. The SMILES string of the molecule is O=C1N=C(CBr)N=C2C=CC(Cl)C=C12. The minimum absolute atomic E-state index is 0.242. The Morgan fingerprint density at radius 2 is 2.29 bits per heavy atom. The first kappa shape index (κ1) is 9.80. The number of aliphatic imine (C=N–C) groups is 2. The Balaban J connectivity index is 2.42. The molecule has 3 nitrogen and oxygen atoms in total. The van der Waals surface area contributed by atoms with Gasteiger partial charge in [0.2, 0.25) is 0 Å². The largest absolute Gasteiger partial charge is 0.280 e. The third-order valence-electron chi connectivity index (χ3n) is 1.87. The Kier molecular flexibility index (Phi) is 2.65. The summed E-state index contributed by atoms with van der Waals surface area (Å²) in [6.07, 6.45) is 5.20. The highest BCUT2D eigenvalue weighted by atomic mass is 79.9. The monoisotopic (exact) mass is 272 g/mol. The molecule has 0 radical (unpaired) electrons. The molecule has 0 saturated heterocycles. The van der Waals surface area contributed by atoms with Crippen LogP contribution in [0.4, 0.5) is 0 Å². The molecule has 1 aliphatic heterocycles. The molecule has 0 saturated carbocycles. The maximum Gasteiger partial charge on any atom is 0.280 e. The number of amidine groups is 1. The average Bonchev–Trinajstić information content (AvgIpc) is 2.19. The number of nitrogens with zero attached hydrogens (tertiary/aromatic N) is 2. The Hall–Kier alpha value is -0.740. The van der Waals surface area contributed by atoms with Gasteiger partial charge in [-0.1, -0.05) is 22.0 Å². The number of carbonyl (C=O) groups excluding carboxylic acids is 1. The van der Waals surface area contributed by atoms with Crippen molar-refractivity contribution in [2.24, 2.45) is 9.98 Å². The zero-order valence-corrected chi connectivity index (χ0v) is 9.42. The van der Waals surface area contributed by atoms with Crippen molar-refractivity contribution in [3.8, 4) is 0 Å². The van der Waals surface area contributed by atoms with Gasteiger partial charge in [0.1, 0.15) is 5.84 Å². The smallest absolute Gasteiger partial charge is 0.267 e. The second kappa shape index (κ2) is 3.79. The Labute approximate surface area is 94.4 Å². The molecule has 1 unspecified atom stereocenters. The molecule has 1 atom stereocenters. The van der Waals surface area contributed by atoms with Crippen LogP contribution >= 0.6 is 27.5 Å². The van der Waals surface area contributed by atoms with Gasteiger partial charge in [-0.25, -0.2) is 4.99 Å². The van der Waals surface area contributed by atoms with Crippen molar-refractivity contribution in [3.05, 3.63) is 23.8 Å². The number of rotatable bonds is 1. The maximum absolute atomic E-state index is 11.5. The van der Waals surface area contributed by atoms with E-state index in [1.54, 1.807) is 18.2 Å². The Bertz CT molecular complexity index is 409. The van der Waals surface area contributed by atoms with E-state index in [-0.39, 0.29) is 11.3 Å². The molecule has 14 heavy (non-hydrogen) atoms. The van der Waals surface area contributed by atoms with Crippen LogP contribution < -0.4 is 0 Å². The van der Waals surface area contributed by atoms with Gasteiger partial charge in [-0.3, -0.25) is 4.79 Å². The predicted octanol–water partition coefficient (Wildman–Crippen LogP) is 1.86. The quantitative estimate of drug-likeness (QED) is 0.672. The minimum Gasteiger partial charge on any atom is -0.267 e. The van der Waals surface area contributed by atoms with Crippen molar-refractivity contribution in [1.82, 2.24) is 0 Å². The number of hydrogen-bond acceptors (Lipinski definition) is 2. The van der Waals surface area contributed by atoms with E-state index in [1.807, 2.05) is 0 Å². The normalized spacial score (nSPS) is 25.1. The van der Waals surface area contributed by atoms with Crippen LogP contribution in [-0.2, 0) is 4.79 Å². The van der Waals surface area contributed by atoms with E-state index in [0.717, 1.165) is 0 Å². The van der Waals surface area contributed by atoms with Crippen molar-refractivity contribution in [2.45, 2.75) is 5.38 Å². The van der Waals surface area contributed by atoms with E-state index < -0.39 is 0 Å². The summed E-state index contributed by atoms with van der Waals surface area (Å²) >= 11 is 9.05. The van der Waals surface area contributed by atoms with Crippen LogP contribution in [0.1, 0.15) is 0 Å². The minimum atomic E-state index is -0.264. The molecule has 72 valence electrons. The fraction of sp³-hybridized carbons (Fsp3) is 0.222. The lowest BCUT2D eigenvalue weighted by Gasteiger charge is -2.14. The molecule has 1 aliphatic carbocycles. The van der Waals surface area contributed by atoms with E-state index in [2.05, 4.69) is 25.9 Å². The first-order valence-corrected chi connectivity index (χ1v) is 5.57. The van der Waals surface area contributed by atoms with Gasteiger partial charge in [0, 0.05) is 0 Å². The Morgan fingerprint density at radius 3 is 3.00 bits per heavy atom. The van der Waals surface area contributed by atoms with Gasteiger partial charge in [0.05, 0.1) is 22.0 Å². The van der Waals surface area contributed by atoms with E-state index in [1.165, 1.54) is 0 Å². The second-order valence-electron chi connectivity index (χ2n) is 2.85. The molecular weight excluding hydrogens is 267 g/mol. The summed E-state index contributed by atoms with van der Waals surface area (Å²) in [7, 11) is 0. The maximum atomic E-state index is 11.5. The molecule has 0 bridgehead atoms. The van der Waals surface area contributed by atoms with Crippen LogP contribution in [0.15, 0.2) is 33.8 Å². The van der Waals surface area contributed by atoms with Gasteiger partial charge in [0.25, 0.3) is 5.91 Å². The van der Waals surface area contributed by atoms with Gasteiger partial charge in [0.15, 0.2) is 0 Å². The van der Waals surface area contributed by atoms with Crippen LogP contribution in [0, 0.1) is 0 Å². The third-order valence-corrected chi connectivity index (χ3v) is 2.64. The van der Waals surface area contributed by atoms with Crippen LogP contribution in [0.3, 0.4) is 0 Å². The molecule has 0 N–H and O–H groups in total. The first-order valence-electron chi connectivity index (χ1n) is 4.01. The summed E-state index contributed by atoms with van der Waals surface area (Å²) in [4.78, 5) is 19.5. The first-order chi connectivity index (χ1) is 6.70. The molecule has 0 aromatic rings.